The summed E-state index contributed by atoms with van der Waals surface area (Å²) in [6, 6.07) is 1.88. The molecule has 1 aromatic heterocycles. The van der Waals surface area contributed by atoms with Crippen LogP contribution < -0.4 is 10.2 Å². The highest BCUT2D eigenvalue weighted by Crippen LogP contribution is 2.15. The molecule has 1 heterocycles. The van der Waals surface area contributed by atoms with Crippen LogP contribution in [0.1, 0.15) is 6.92 Å². The van der Waals surface area contributed by atoms with Gasteiger partial charge in [0.1, 0.15) is 6.54 Å². The molecule has 0 atom stereocenters. The molecule has 0 aliphatic heterocycles. The summed E-state index contributed by atoms with van der Waals surface area (Å²) >= 11 is 1.35. The largest absolute Gasteiger partial charge is 0.354 e. The fraction of sp³-hybridized carbons (Fsp3) is 0.444. The van der Waals surface area contributed by atoms with E-state index in [-0.39, 0.29) is 12.5 Å². The van der Waals surface area contributed by atoms with Gasteiger partial charge in [-0.15, -0.1) is 0 Å². The second-order valence-electron chi connectivity index (χ2n) is 2.82. The Labute approximate surface area is 103 Å². The van der Waals surface area contributed by atoms with Crippen molar-refractivity contribution in [2.75, 3.05) is 29.6 Å². The molecule has 0 saturated heterocycles. The van der Waals surface area contributed by atoms with E-state index in [0.717, 1.165) is 4.90 Å². The number of aromatic nitrogens is 3. The van der Waals surface area contributed by atoms with Crippen molar-refractivity contribution in [2.24, 2.45) is 0 Å². The van der Waals surface area contributed by atoms with Gasteiger partial charge in [-0.1, -0.05) is 11.8 Å². The third-order valence-electron chi connectivity index (χ3n) is 1.71. The van der Waals surface area contributed by atoms with Crippen LogP contribution in [0, 0.1) is 22.8 Å². The zero-order valence-corrected chi connectivity index (χ0v) is 10.3. The second-order valence-corrected chi connectivity index (χ2v) is 3.59. The van der Waals surface area contributed by atoms with Gasteiger partial charge in [0.15, 0.2) is 11.3 Å². The summed E-state index contributed by atoms with van der Waals surface area (Å²) in [5, 5.41) is 20.9. The van der Waals surface area contributed by atoms with Gasteiger partial charge in [-0.05, 0) is 13.2 Å². The highest BCUT2D eigenvalue weighted by Gasteiger charge is 2.12. The van der Waals surface area contributed by atoms with E-state index in [9.17, 15) is 0 Å². The first-order valence-corrected chi connectivity index (χ1v) is 6.05. The number of nitriles is 2. The SMILES string of the molecule is CCNc1nc(SC)nc(N(C#N)CC#N)n1. The number of thioether (sulfide) groups is 1. The summed E-state index contributed by atoms with van der Waals surface area (Å²) in [6.07, 6.45) is 3.69. The van der Waals surface area contributed by atoms with Crippen LogP contribution >= 0.6 is 11.8 Å². The minimum Gasteiger partial charge on any atom is -0.354 e. The molecule has 1 aromatic rings. The van der Waals surface area contributed by atoms with Gasteiger partial charge >= 0.3 is 0 Å². The van der Waals surface area contributed by atoms with Gasteiger partial charge in [0.2, 0.25) is 11.9 Å². The molecule has 7 nitrogen and oxygen atoms in total. The molecular weight excluding hydrogens is 238 g/mol. The molecule has 0 aliphatic rings. The normalized spacial score (nSPS) is 9.18. The van der Waals surface area contributed by atoms with Crippen LogP contribution in [-0.4, -0.2) is 34.3 Å². The van der Waals surface area contributed by atoms with Crippen molar-refractivity contribution in [2.45, 2.75) is 12.1 Å². The van der Waals surface area contributed by atoms with E-state index in [0.29, 0.717) is 17.6 Å². The maximum absolute atomic E-state index is 8.89. The van der Waals surface area contributed by atoms with E-state index >= 15 is 0 Å². The van der Waals surface area contributed by atoms with Crippen LogP contribution in [0.15, 0.2) is 5.16 Å². The van der Waals surface area contributed by atoms with Gasteiger partial charge in [-0.2, -0.15) is 25.5 Å². The third-order valence-corrected chi connectivity index (χ3v) is 2.26. The van der Waals surface area contributed by atoms with Gasteiger partial charge in [-0.25, -0.2) is 4.90 Å². The first kappa shape index (κ1) is 13.0. The van der Waals surface area contributed by atoms with E-state index in [2.05, 4.69) is 20.3 Å². The molecule has 88 valence electrons. The van der Waals surface area contributed by atoms with Crippen LogP contribution in [0.25, 0.3) is 0 Å². The van der Waals surface area contributed by atoms with E-state index in [4.69, 9.17) is 10.5 Å². The van der Waals surface area contributed by atoms with Crippen LogP contribution in [0.5, 0.6) is 0 Å². The Morgan fingerprint density at radius 1 is 1.35 bits per heavy atom. The zero-order valence-electron chi connectivity index (χ0n) is 9.51. The zero-order chi connectivity index (χ0) is 12.7. The first-order chi connectivity index (χ1) is 8.24. The molecular formula is C9H11N7S. The van der Waals surface area contributed by atoms with Crippen LogP contribution in [0.3, 0.4) is 0 Å². The van der Waals surface area contributed by atoms with E-state index < -0.39 is 0 Å². The minimum absolute atomic E-state index is 0.0834. The van der Waals surface area contributed by atoms with Crippen molar-refractivity contribution < 1.29 is 0 Å². The molecule has 17 heavy (non-hydrogen) atoms. The van der Waals surface area contributed by atoms with Crippen molar-refractivity contribution in [1.29, 1.82) is 10.5 Å². The summed E-state index contributed by atoms with van der Waals surface area (Å²) in [7, 11) is 0. The highest BCUT2D eigenvalue weighted by atomic mass is 32.2. The van der Waals surface area contributed by atoms with Crippen LogP contribution in [0.2, 0.25) is 0 Å². The Balaban J connectivity index is 3.10. The molecule has 1 N–H and O–H groups in total. The smallest absolute Gasteiger partial charge is 0.245 e. The molecule has 8 heteroatoms. The lowest BCUT2D eigenvalue weighted by molar-refractivity contribution is 0.867. The number of hydrogen-bond donors (Lipinski definition) is 1. The summed E-state index contributed by atoms with van der Waals surface area (Å²) in [5.41, 5.74) is 0. The molecule has 0 amide bonds. The van der Waals surface area contributed by atoms with Crippen molar-refractivity contribution >= 4 is 23.7 Å². The molecule has 0 unspecified atom stereocenters. The van der Waals surface area contributed by atoms with Crippen LogP contribution in [0.4, 0.5) is 11.9 Å². The summed E-state index contributed by atoms with van der Waals surface area (Å²) < 4.78 is 0. The second kappa shape index (κ2) is 6.51. The van der Waals surface area contributed by atoms with Gasteiger partial charge in [0.05, 0.1) is 6.07 Å². The summed E-state index contributed by atoms with van der Waals surface area (Å²) in [6.45, 7) is 2.50. The average Bonchev–Trinajstić information content (AvgIpc) is 2.35. The van der Waals surface area contributed by atoms with Gasteiger partial charge in [-0.3, -0.25) is 0 Å². The maximum Gasteiger partial charge on any atom is 0.245 e. The van der Waals surface area contributed by atoms with Crippen molar-refractivity contribution in [3.63, 3.8) is 0 Å². The summed E-state index contributed by atoms with van der Waals surface area (Å²) in [4.78, 5) is 13.4. The van der Waals surface area contributed by atoms with Crippen LogP contribution in [-0.2, 0) is 0 Å². The Morgan fingerprint density at radius 3 is 2.65 bits per heavy atom. The number of nitrogens with one attached hydrogen (secondary N) is 1. The molecule has 0 bridgehead atoms. The number of nitrogens with zero attached hydrogens (tertiary/aromatic N) is 6. The first-order valence-electron chi connectivity index (χ1n) is 4.83. The Kier molecular flexibility index (Phi) is 4.98. The fourth-order valence-electron chi connectivity index (χ4n) is 1.02. The lowest BCUT2D eigenvalue weighted by atomic mass is 10.6. The van der Waals surface area contributed by atoms with Crippen molar-refractivity contribution in [3.8, 4) is 12.3 Å². The molecule has 0 saturated carbocycles. The number of anilines is 2. The lowest BCUT2D eigenvalue weighted by Gasteiger charge is -2.11. The monoisotopic (exact) mass is 249 g/mol. The molecule has 0 spiro atoms. The van der Waals surface area contributed by atoms with Crippen molar-refractivity contribution in [1.82, 2.24) is 15.0 Å². The molecule has 0 radical (unpaired) electrons. The minimum atomic E-state index is -0.0834. The third kappa shape index (κ3) is 3.47. The number of rotatable bonds is 5. The van der Waals surface area contributed by atoms with E-state index in [1.807, 2.05) is 25.4 Å². The fourth-order valence-corrected chi connectivity index (χ4v) is 1.37. The average molecular weight is 249 g/mol. The standard InChI is InChI=1S/C9H11N7S/c1-3-12-7-13-8(15-9(14-7)17-2)16(6-11)5-4-10/h3,5H2,1-2H3,(H,12,13,14,15). The van der Waals surface area contributed by atoms with Crippen molar-refractivity contribution in [3.05, 3.63) is 0 Å². The Bertz CT molecular complexity index is 461. The lowest BCUT2D eigenvalue weighted by Crippen LogP contribution is -2.20. The van der Waals surface area contributed by atoms with E-state index in [1.165, 1.54) is 11.8 Å². The summed E-state index contributed by atoms with van der Waals surface area (Å²) in [5.74, 6) is 0.587. The highest BCUT2D eigenvalue weighted by molar-refractivity contribution is 7.98. The van der Waals surface area contributed by atoms with E-state index in [1.54, 1.807) is 0 Å². The molecule has 0 aromatic carbocycles. The Hall–Kier alpha value is -2.06. The molecule has 0 aliphatic carbocycles. The molecule has 1 rings (SSSR count). The topological polar surface area (TPSA) is 102 Å². The van der Waals surface area contributed by atoms with Gasteiger partial charge in [0, 0.05) is 6.54 Å². The predicted octanol–water partition coefficient (Wildman–Crippen LogP) is 0.836. The van der Waals surface area contributed by atoms with Gasteiger partial charge in [0.25, 0.3) is 0 Å². The van der Waals surface area contributed by atoms with Gasteiger partial charge < -0.3 is 5.32 Å². The Morgan fingerprint density at radius 2 is 2.12 bits per heavy atom. The predicted molar refractivity (Wildman–Crippen MR) is 64.3 cm³/mol. The maximum atomic E-state index is 8.89. The quantitative estimate of drug-likeness (QED) is 0.354. The number of hydrogen-bond acceptors (Lipinski definition) is 8. The molecule has 0 fully saturated rings.